The number of rotatable bonds is 7. The average molecular weight is 525 g/mol. The molecule has 3 rings (SSSR count). The lowest BCUT2D eigenvalue weighted by Gasteiger charge is -2.33. The van der Waals surface area contributed by atoms with E-state index in [0.29, 0.717) is 19.0 Å². The van der Waals surface area contributed by atoms with Gasteiger partial charge in [-0.1, -0.05) is 36.4 Å². The van der Waals surface area contributed by atoms with Crippen molar-refractivity contribution in [3.63, 3.8) is 0 Å². The Kier molecular flexibility index (Phi) is 10.1. The Balaban J connectivity index is 0.00000320. The largest absolute Gasteiger partial charge is 0.354 e. The molecule has 30 heavy (non-hydrogen) atoms. The Morgan fingerprint density at radius 2 is 1.97 bits per heavy atom. The lowest BCUT2D eigenvalue weighted by Crippen LogP contribution is -2.48. The Bertz CT molecular complexity index is 743. The molecule has 2 fully saturated rings. The average Bonchev–Trinajstić information content (AvgIpc) is 3.11. The van der Waals surface area contributed by atoms with Gasteiger partial charge in [0.1, 0.15) is 0 Å². The number of nitrogens with zero attached hydrogens (tertiary/aromatic N) is 3. The summed E-state index contributed by atoms with van der Waals surface area (Å²) in [5, 5.41) is 7.00. The van der Waals surface area contributed by atoms with Crippen molar-refractivity contribution in [3.8, 4) is 0 Å². The number of likely N-dealkylation sites (tertiary alicyclic amines) is 2. The normalized spacial score (nSPS) is 18.3. The van der Waals surface area contributed by atoms with Crippen molar-refractivity contribution >= 4 is 35.8 Å². The molecule has 0 saturated carbocycles. The van der Waals surface area contributed by atoms with Crippen LogP contribution in [0.5, 0.6) is 0 Å². The molecule has 2 aliphatic rings. The van der Waals surface area contributed by atoms with Crippen LogP contribution in [0.3, 0.4) is 0 Å². The zero-order chi connectivity index (χ0) is 20.6. The molecule has 166 valence electrons. The Morgan fingerprint density at radius 3 is 2.60 bits per heavy atom. The number of halogens is 1. The van der Waals surface area contributed by atoms with Crippen LogP contribution >= 0.6 is 24.0 Å². The zero-order valence-corrected chi connectivity index (χ0v) is 20.7. The van der Waals surface area contributed by atoms with E-state index in [0.717, 1.165) is 57.9 Å². The van der Waals surface area contributed by atoms with Crippen LogP contribution in [0.4, 0.5) is 0 Å². The second kappa shape index (κ2) is 12.3. The van der Waals surface area contributed by atoms with E-state index in [1.54, 1.807) is 0 Å². The van der Waals surface area contributed by atoms with Gasteiger partial charge >= 0.3 is 0 Å². The molecule has 2 heterocycles. The van der Waals surface area contributed by atoms with Gasteiger partial charge in [-0.3, -0.25) is 14.7 Å². The van der Waals surface area contributed by atoms with E-state index in [4.69, 9.17) is 0 Å². The Hall–Kier alpha value is -1.61. The highest BCUT2D eigenvalue weighted by atomic mass is 127. The van der Waals surface area contributed by atoms with Crippen molar-refractivity contribution in [1.82, 2.24) is 20.4 Å². The number of nitrogens with one attached hydrogen (secondary N) is 2. The lowest BCUT2D eigenvalue weighted by atomic mass is 10.0. The van der Waals surface area contributed by atoms with Crippen molar-refractivity contribution in [2.45, 2.75) is 51.7 Å². The van der Waals surface area contributed by atoms with Crippen molar-refractivity contribution in [2.24, 2.45) is 4.99 Å². The van der Waals surface area contributed by atoms with E-state index in [2.05, 4.69) is 58.3 Å². The molecule has 1 aromatic carbocycles. The molecule has 0 bridgehead atoms. The SMILES string of the molecule is C=C(C)CN1CCC(NC(=NC)NCc2cccc(CN3CCCC3=O)c2)CC1.I. The van der Waals surface area contributed by atoms with Gasteiger partial charge in [-0.2, -0.15) is 0 Å². The first kappa shape index (κ1) is 24.7. The van der Waals surface area contributed by atoms with Crippen molar-refractivity contribution in [3.05, 3.63) is 47.5 Å². The molecule has 0 atom stereocenters. The standard InChI is InChI=1S/C23H35N5O.HI/c1-18(2)16-27-12-9-21(10-13-27)26-23(24-3)25-15-19-6-4-7-20(14-19)17-28-11-5-8-22(28)29;/h4,6-7,14,21H,1,5,8-13,15-17H2,2-3H3,(H2,24,25,26);1H. The first-order valence-corrected chi connectivity index (χ1v) is 10.7. The van der Waals surface area contributed by atoms with Crippen LogP contribution in [-0.2, 0) is 17.9 Å². The van der Waals surface area contributed by atoms with E-state index < -0.39 is 0 Å². The quantitative estimate of drug-likeness (QED) is 0.249. The van der Waals surface area contributed by atoms with Crippen molar-refractivity contribution in [2.75, 3.05) is 33.2 Å². The van der Waals surface area contributed by atoms with Gasteiger partial charge in [-0.25, -0.2) is 0 Å². The highest BCUT2D eigenvalue weighted by molar-refractivity contribution is 14.0. The van der Waals surface area contributed by atoms with E-state index in [9.17, 15) is 4.79 Å². The minimum atomic E-state index is 0. The monoisotopic (exact) mass is 525 g/mol. The highest BCUT2D eigenvalue weighted by Crippen LogP contribution is 2.15. The maximum absolute atomic E-state index is 11.9. The van der Waals surface area contributed by atoms with Gasteiger partial charge in [0.25, 0.3) is 0 Å². The minimum absolute atomic E-state index is 0. The number of carbonyl (C=O) groups excluding carboxylic acids is 1. The fourth-order valence-corrected chi connectivity index (χ4v) is 4.12. The molecule has 2 aliphatic heterocycles. The van der Waals surface area contributed by atoms with E-state index in [1.165, 1.54) is 16.7 Å². The van der Waals surface area contributed by atoms with Gasteiger partial charge < -0.3 is 15.5 Å². The number of guanidine groups is 1. The summed E-state index contributed by atoms with van der Waals surface area (Å²) in [6, 6.07) is 8.92. The number of aliphatic imine (C=N–C) groups is 1. The fraction of sp³-hybridized carbons (Fsp3) is 0.565. The summed E-state index contributed by atoms with van der Waals surface area (Å²) in [7, 11) is 1.82. The second-order valence-corrected chi connectivity index (χ2v) is 8.32. The van der Waals surface area contributed by atoms with Gasteiger partial charge in [0.05, 0.1) is 0 Å². The van der Waals surface area contributed by atoms with E-state index in [1.807, 2.05) is 11.9 Å². The second-order valence-electron chi connectivity index (χ2n) is 8.32. The molecule has 2 saturated heterocycles. The Morgan fingerprint density at radius 1 is 1.23 bits per heavy atom. The molecule has 0 unspecified atom stereocenters. The molecular weight excluding hydrogens is 489 g/mol. The van der Waals surface area contributed by atoms with Gasteiger partial charge in [0.2, 0.25) is 5.91 Å². The zero-order valence-electron chi connectivity index (χ0n) is 18.3. The number of piperidine rings is 1. The molecule has 0 spiro atoms. The summed E-state index contributed by atoms with van der Waals surface area (Å²) in [6.45, 7) is 11.6. The first-order valence-electron chi connectivity index (χ1n) is 10.7. The van der Waals surface area contributed by atoms with E-state index in [-0.39, 0.29) is 29.9 Å². The molecular formula is C23H36IN5O. The molecule has 1 aromatic rings. The van der Waals surface area contributed by atoms with Crippen LogP contribution in [0.1, 0.15) is 43.7 Å². The van der Waals surface area contributed by atoms with Crippen LogP contribution in [-0.4, -0.2) is 60.9 Å². The molecule has 0 radical (unpaired) electrons. The van der Waals surface area contributed by atoms with Crippen LogP contribution in [0.2, 0.25) is 0 Å². The number of amides is 1. The van der Waals surface area contributed by atoms with Gasteiger partial charge in [0.15, 0.2) is 5.96 Å². The van der Waals surface area contributed by atoms with E-state index >= 15 is 0 Å². The summed E-state index contributed by atoms with van der Waals surface area (Å²) in [5.74, 6) is 1.12. The summed E-state index contributed by atoms with van der Waals surface area (Å²) in [4.78, 5) is 20.7. The summed E-state index contributed by atoms with van der Waals surface area (Å²) in [6.07, 6.45) is 3.91. The summed E-state index contributed by atoms with van der Waals surface area (Å²) < 4.78 is 0. The predicted octanol–water partition coefficient (Wildman–Crippen LogP) is 3.13. The highest BCUT2D eigenvalue weighted by Gasteiger charge is 2.21. The Labute approximate surface area is 198 Å². The molecule has 0 aromatic heterocycles. The number of hydrogen-bond donors (Lipinski definition) is 2. The topological polar surface area (TPSA) is 60.0 Å². The number of hydrogen-bond acceptors (Lipinski definition) is 3. The third-order valence-electron chi connectivity index (χ3n) is 5.64. The number of benzene rings is 1. The third-order valence-corrected chi connectivity index (χ3v) is 5.64. The van der Waals surface area contributed by atoms with Crippen LogP contribution in [0.15, 0.2) is 41.4 Å². The molecule has 6 nitrogen and oxygen atoms in total. The molecule has 0 aliphatic carbocycles. The van der Waals surface area contributed by atoms with Gasteiger partial charge in [0, 0.05) is 58.8 Å². The smallest absolute Gasteiger partial charge is 0.222 e. The van der Waals surface area contributed by atoms with Crippen LogP contribution < -0.4 is 10.6 Å². The number of carbonyl (C=O) groups is 1. The first-order chi connectivity index (χ1) is 14.0. The molecule has 1 amide bonds. The minimum Gasteiger partial charge on any atom is -0.354 e. The third kappa shape index (κ3) is 7.58. The van der Waals surface area contributed by atoms with Crippen LogP contribution in [0.25, 0.3) is 0 Å². The predicted molar refractivity (Wildman–Crippen MR) is 134 cm³/mol. The maximum Gasteiger partial charge on any atom is 0.222 e. The van der Waals surface area contributed by atoms with Crippen LogP contribution in [0, 0.1) is 0 Å². The summed E-state index contributed by atoms with van der Waals surface area (Å²) >= 11 is 0. The van der Waals surface area contributed by atoms with Gasteiger partial charge in [-0.15, -0.1) is 24.0 Å². The molecule has 7 heteroatoms. The van der Waals surface area contributed by atoms with Crippen molar-refractivity contribution < 1.29 is 4.79 Å². The van der Waals surface area contributed by atoms with Gasteiger partial charge in [-0.05, 0) is 37.3 Å². The molecule has 2 N–H and O–H groups in total. The van der Waals surface area contributed by atoms with Crippen molar-refractivity contribution in [1.29, 1.82) is 0 Å². The maximum atomic E-state index is 11.9. The summed E-state index contributed by atoms with van der Waals surface area (Å²) in [5.41, 5.74) is 3.62. The lowest BCUT2D eigenvalue weighted by molar-refractivity contribution is -0.128. The fourth-order valence-electron chi connectivity index (χ4n) is 4.12.